The number of amidine groups is 1. The van der Waals surface area contributed by atoms with Crippen molar-refractivity contribution in [1.29, 1.82) is 0 Å². The largest absolute Gasteiger partial charge is 0.409 e. The van der Waals surface area contributed by atoms with E-state index in [0.717, 1.165) is 13.1 Å². The number of aromatic nitrogens is 1. The number of nitrogens with two attached hydrogens (primary N) is 1. The van der Waals surface area contributed by atoms with Gasteiger partial charge in [0.15, 0.2) is 5.84 Å². The van der Waals surface area contributed by atoms with Gasteiger partial charge in [-0.3, -0.25) is 4.79 Å². The van der Waals surface area contributed by atoms with E-state index < -0.39 is 5.54 Å². The number of hydrogen-bond acceptors (Lipinski definition) is 5. The van der Waals surface area contributed by atoms with Crippen molar-refractivity contribution in [3.8, 4) is 0 Å². The second kappa shape index (κ2) is 6.40. The zero-order chi connectivity index (χ0) is 15.5. The topological polar surface area (TPSA) is 104 Å². The molecule has 2 rings (SSSR count). The normalized spacial score (nSPS) is 19.2. The molecule has 1 fully saturated rings. The van der Waals surface area contributed by atoms with Crippen LogP contribution in [0.4, 0.5) is 0 Å². The highest BCUT2D eigenvalue weighted by Crippen LogP contribution is 2.23. The van der Waals surface area contributed by atoms with E-state index in [4.69, 9.17) is 10.9 Å². The second-order valence-electron chi connectivity index (χ2n) is 5.16. The van der Waals surface area contributed by atoms with E-state index >= 15 is 0 Å². The summed E-state index contributed by atoms with van der Waals surface area (Å²) in [5.41, 5.74) is 5.27. The van der Waals surface area contributed by atoms with Crippen molar-refractivity contribution >= 4 is 27.7 Å². The first kappa shape index (κ1) is 15.7. The number of oxime groups is 1. The van der Waals surface area contributed by atoms with Crippen LogP contribution in [0.5, 0.6) is 0 Å². The van der Waals surface area contributed by atoms with Crippen molar-refractivity contribution in [1.82, 2.24) is 15.2 Å². The highest BCUT2D eigenvalue weighted by atomic mass is 79.9. The molecule has 0 saturated carbocycles. The Kier molecular flexibility index (Phi) is 4.79. The molecule has 21 heavy (non-hydrogen) atoms. The highest BCUT2D eigenvalue weighted by Gasteiger charge is 2.40. The predicted octanol–water partition coefficient (Wildman–Crippen LogP) is 0.785. The van der Waals surface area contributed by atoms with Crippen LogP contribution in [0.3, 0.4) is 0 Å². The van der Waals surface area contributed by atoms with Crippen LogP contribution in [-0.2, 0) is 0 Å². The number of nitrogens with zero attached hydrogens (tertiary/aromatic N) is 3. The summed E-state index contributed by atoms with van der Waals surface area (Å²) in [5.74, 6) is -0.324. The SMILES string of the molecule is CN1CCC(NC(=O)c2ncccc2Br)(/C(N)=N/O)CC1. The summed E-state index contributed by atoms with van der Waals surface area (Å²) in [5, 5.41) is 15.0. The molecule has 2 heterocycles. The smallest absolute Gasteiger partial charge is 0.271 e. The van der Waals surface area contributed by atoms with Gasteiger partial charge in [-0.1, -0.05) is 5.16 Å². The molecule has 114 valence electrons. The molecule has 0 bridgehead atoms. The molecule has 1 aliphatic heterocycles. The van der Waals surface area contributed by atoms with Crippen molar-refractivity contribution in [2.24, 2.45) is 10.9 Å². The van der Waals surface area contributed by atoms with Gasteiger partial charge < -0.3 is 21.2 Å². The predicted molar refractivity (Wildman–Crippen MR) is 82.3 cm³/mol. The first-order valence-corrected chi connectivity index (χ1v) is 7.37. The minimum atomic E-state index is -0.838. The molecule has 1 amide bonds. The maximum atomic E-state index is 12.4. The molecule has 1 saturated heterocycles. The molecule has 0 spiro atoms. The van der Waals surface area contributed by atoms with E-state index in [1.54, 1.807) is 18.3 Å². The zero-order valence-corrected chi connectivity index (χ0v) is 13.3. The highest BCUT2D eigenvalue weighted by molar-refractivity contribution is 9.10. The van der Waals surface area contributed by atoms with Crippen LogP contribution in [0, 0.1) is 0 Å². The minimum Gasteiger partial charge on any atom is -0.409 e. The molecule has 4 N–H and O–H groups in total. The van der Waals surface area contributed by atoms with Crippen LogP contribution in [0.2, 0.25) is 0 Å². The van der Waals surface area contributed by atoms with Gasteiger partial charge in [-0.15, -0.1) is 0 Å². The summed E-state index contributed by atoms with van der Waals surface area (Å²) >= 11 is 3.30. The number of nitrogens with one attached hydrogen (secondary N) is 1. The van der Waals surface area contributed by atoms with E-state index in [1.807, 2.05) is 7.05 Å². The van der Waals surface area contributed by atoms with Gasteiger partial charge in [0.1, 0.15) is 11.2 Å². The summed E-state index contributed by atoms with van der Waals surface area (Å²) in [6, 6.07) is 3.47. The van der Waals surface area contributed by atoms with Gasteiger partial charge in [0.2, 0.25) is 0 Å². The lowest BCUT2D eigenvalue weighted by Crippen LogP contribution is -2.62. The number of piperidine rings is 1. The van der Waals surface area contributed by atoms with E-state index in [2.05, 4.69) is 36.3 Å². The molecular weight excluding hydrogens is 338 g/mol. The first-order valence-electron chi connectivity index (χ1n) is 6.58. The van der Waals surface area contributed by atoms with Crippen molar-refractivity contribution in [3.05, 3.63) is 28.5 Å². The van der Waals surface area contributed by atoms with Crippen LogP contribution in [0.1, 0.15) is 23.3 Å². The van der Waals surface area contributed by atoms with E-state index in [0.29, 0.717) is 17.3 Å². The fourth-order valence-electron chi connectivity index (χ4n) is 2.37. The Morgan fingerprint density at radius 2 is 2.24 bits per heavy atom. The Hall–Kier alpha value is -1.67. The third kappa shape index (κ3) is 3.33. The number of carbonyl (C=O) groups is 1. The van der Waals surface area contributed by atoms with Crippen molar-refractivity contribution < 1.29 is 10.0 Å². The Bertz CT molecular complexity index is 555. The van der Waals surface area contributed by atoms with Gasteiger partial charge >= 0.3 is 0 Å². The van der Waals surface area contributed by atoms with Crippen molar-refractivity contribution in [3.63, 3.8) is 0 Å². The van der Waals surface area contributed by atoms with E-state index in [9.17, 15) is 4.79 Å². The number of pyridine rings is 1. The average molecular weight is 356 g/mol. The summed E-state index contributed by atoms with van der Waals surface area (Å²) in [6.45, 7) is 1.50. The number of rotatable bonds is 3. The number of hydrogen-bond donors (Lipinski definition) is 3. The number of carbonyl (C=O) groups excluding carboxylic acids is 1. The Balaban J connectivity index is 2.24. The summed E-state index contributed by atoms with van der Waals surface area (Å²) in [7, 11) is 1.99. The Morgan fingerprint density at radius 3 is 2.81 bits per heavy atom. The van der Waals surface area contributed by atoms with E-state index in [1.165, 1.54) is 0 Å². The molecule has 0 aliphatic carbocycles. The second-order valence-corrected chi connectivity index (χ2v) is 6.01. The van der Waals surface area contributed by atoms with Crippen LogP contribution < -0.4 is 11.1 Å². The molecule has 8 heteroatoms. The minimum absolute atomic E-state index is 0.0241. The number of amides is 1. The maximum absolute atomic E-state index is 12.4. The lowest BCUT2D eigenvalue weighted by atomic mass is 9.86. The lowest BCUT2D eigenvalue weighted by molar-refractivity contribution is 0.0880. The molecule has 7 nitrogen and oxygen atoms in total. The number of likely N-dealkylation sites (tertiary alicyclic amines) is 1. The molecule has 1 aromatic rings. The Morgan fingerprint density at radius 1 is 1.57 bits per heavy atom. The quantitative estimate of drug-likeness (QED) is 0.321. The standard InChI is InChI=1S/C13H18BrN5O2/c1-19-7-4-13(5-8-19,12(15)18-21)17-11(20)10-9(14)3-2-6-16-10/h2-3,6,21H,4-5,7-8H2,1H3,(H2,15,18)(H,17,20). The lowest BCUT2D eigenvalue weighted by Gasteiger charge is -2.40. The van der Waals surface area contributed by atoms with E-state index in [-0.39, 0.29) is 17.4 Å². The van der Waals surface area contributed by atoms with Crippen LogP contribution >= 0.6 is 15.9 Å². The fourth-order valence-corrected chi connectivity index (χ4v) is 2.81. The van der Waals surface area contributed by atoms with Gasteiger partial charge in [-0.2, -0.15) is 0 Å². The van der Waals surface area contributed by atoms with Gasteiger partial charge in [0.05, 0.1) is 0 Å². The average Bonchev–Trinajstić information content (AvgIpc) is 2.49. The summed E-state index contributed by atoms with van der Waals surface area (Å²) < 4.78 is 0.602. The van der Waals surface area contributed by atoms with Gasteiger partial charge in [-0.05, 0) is 48.0 Å². The molecule has 1 aliphatic rings. The zero-order valence-electron chi connectivity index (χ0n) is 11.7. The monoisotopic (exact) mass is 355 g/mol. The van der Waals surface area contributed by atoms with Crippen LogP contribution in [-0.4, -0.2) is 52.5 Å². The summed E-state index contributed by atoms with van der Waals surface area (Å²) in [6.07, 6.45) is 2.70. The number of halogens is 1. The van der Waals surface area contributed by atoms with Crippen LogP contribution in [0.25, 0.3) is 0 Å². The van der Waals surface area contributed by atoms with Gasteiger partial charge in [-0.25, -0.2) is 4.98 Å². The molecular formula is C13H18BrN5O2. The van der Waals surface area contributed by atoms with Crippen molar-refractivity contribution in [2.45, 2.75) is 18.4 Å². The van der Waals surface area contributed by atoms with Gasteiger partial charge in [0.25, 0.3) is 5.91 Å². The molecule has 0 atom stereocenters. The fraction of sp³-hybridized carbons (Fsp3) is 0.462. The first-order chi connectivity index (χ1) is 9.98. The molecule has 0 aromatic carbocycles. The van der Waals surface area contributed by atoms with Crippen molar-refractivity contribution in [2.75, 3.05) is 20.1 Å². The van der Waals surface area contributed by atoms with Gasteiger partial charge in [0, 0.05) is 23.8 Å². The molecule has 0 radical (unpaired) electrons. The molecule has 1 aromatic heterocycles. The third-order valence-electron chi connectivity index (χ3n) is 3.77. The summed E-state index contributed by atoms with van der Waals surface area (Å²) in [4.78, 5) is 18.6. The third-order valence-corrected chi connectivity index (χ3v) is 4.40. The molecule has 0 unspecified atom stereocenters. The Labute approximate surface area is 131 Å². The maximum Gasteiger partial charge on any atom is 0.271 e. The van der Waals surface area contributed by atoms with Crippen LogP contribution in [0.15, 0.2) is 28.0 Å².